The SMILES string of the molecule is N=NC1=C2C(=O)NC(c3ccc(S)cc3)=C2C(=O)c2ccccc21. The Morgan fingerprint density at radius 3 is 2.25 bits per heavy atom. The van der Waals surface area contributed by atoms with Crippen LogP contribution in [0, 0.1) is 5.53 Å². The molecule has 0 fully saturated rings. The highest BCUT2D eigenvalue weighted by Crippen LogP contribution is 2.41. The van der Waals surface area contributed by atoms with Crippen LogP contribution in [0.2, 0.25) is 0 Å². The number of rotatable bonds is 2. The van der Waals surface area contributed by atoms with Gasteiger partial charge < -0.3 is 5.32 Å². The van der Waals surface area contributed by atoms with E-state index in [2.05, 4.69) is 23.1 Å². The van der Waals surface area contributed by atoms with Gasteiger partial charge in [0.05, 0.1) is 16.8 Å². The van der Waals surface area contributed by atoms with Crippen LogP contribution < -0.4 is 5.32 Å². The summed E-state index contributed by atoms with van der Waals surface area (Å²) >= 11 is 4.25. The van der Waals surface area contributed by atoms with Gasteiger partial charge in [0.2, 0.25) is 0 Å². The van der Waals surface area contributed by atoms with Gasteiger partial charge in [-0.1, -0.05) is 36.4 Å². The number of benzene rings is 2. The summed E-state index contributed by atoms with van der Waals surface area (Å²) in [5.74, 6) is -0.653. The molecule has 1 aliphatic heterocycles. The molecule has 1 aliphatic carbocycles. The molecule has 0 aromatic heterocycles. The minimum absolute atomic E-state index is 0.165. The molecule has 2 aromatic rings. The van der Waals surface area contributed by atoms with E-state index in [0.29, 0.717) is 22.4 Å². The standard InChI is InChI=1S/C18H11N3O2S/c19-21-16-11-3-1-2-4-12(11)17(22)13-14(16)18(23)20-15(13)9-5-7-10(24)8-6-9/h1-8,19,24H,(H,20,23). The van der Waals surface area contributed by atoms with Crippen LogP contribution in [0.25, 0.3) is 11.4 Å². The van der Waals surface area contributed by atoms with Gasteiger partial charge in [0.25, 0.3) is 5.91 Å². The zero-order valence-corrected chi connectivity index (χ0v) is 13.2. The fourth-order valence-electron chi connectivity index (χ4n) is 3.05. The van der Waals surface area contributed by atoms with Crippen LogP contribution in [-0.4, -0.2) is 11.7 Å². The predicted molar refractivity (Wildman–Crippen MR) is 91.6 cm³/mol. The van der Waals surface area contributed by atoms with Crippen molar-refractivity contribution in [3.63, 3.8) is 0 Å². The van der Waals surface area contributed by atoms with E-state index in [1.54, 1.807) is 48.5 Å². The van der Waals surface area contributed by atoms with E-state index in [-0.39, 0.29) is 22.6 Å². The summed E-state index contributed by atoms with van der Waals surface area (Å²) in [5, 5.41) is 6.28. The Bertz CT molecular complexity index is 988. The number of fused-ring (bicyclic) bond motifs is 2. The first kappa shape index (κ1) is 14.6. The molecule has 24 heavy (non-hydrogen) atoms. The Kier molecular flexibility index (Phi) is 3.21. The highest BCUT2D eigenvalue weighted by atomic mass is 32.1. The highest BCUT2D eigenvalue weighted by Gasteiger charge is 2.40. The van der Waals surface area contributed by atoms with Gasteiger partial charge in [-0.25, -0.2) is 5.53 Å². The van der Waals surface area contributed by atoms with Crippen molar-refractivity contribution in [1.82, 2.24) is 5.32 Å². The normalized spacial score (nSPS) is 16.0. The Hall–Kier alpha value is -2.99. The number of nitrogens with zero attached hydrogens (tertiary/aromatic N) is 1. The number of carbonyl (C=O) groups is 2. The third-order valence-corrected chi connectivity index (χ3v) is 4.42. The van der Waals surface area contributed by atoms with Crippen LogP contribution >= 0.6 is 12.6 Å². The lowest BCUT2D eigenvalue weighted by molar-refractivity contribution is -0.115. The van der Waals surface area contributed by atoms with Gasteiger partial charge in [-0.3, -0.25) is 9.59 Å². The van der Waals surface area contributed by atoms with E-state index in [4.69, 9.17) is 5.53 Å². The Labute approximate surface area is 143 Å². The molecule has 0 atom stereocenters. The first-order chi connectivity index (χ1) is 11.6. The molecule has 0 radical (unpaired) electrons. The third kappa shape index (κ3) is 1.97. The summed E-state index contributed by atoms with van der Waals surface area (Å²) in [4.78, 5) is 26.2. The largest absolute Gasteiger partial charge is 0.321 e. The molecule has 2 aliphatic rings. The van der Waals surface area contributed by atoms with Gasteiger partial charge >= 0.3 is 0 Å². The second kappa shape index (κ2) is 5.28. The van der Waals surface area contributed by atoms with Crippen LogP contribution in [0.15, 0.2) is 69.7 Å². The Balaban J connectivity index is 2.04. The van der Waals surface area contributed by atoms with Crippen molar-refractivity contribution in [2.24, 2.45) is 5.11 Å². The van der Waals surface area contributed by atoms with Crippen molar-refractivity contribution in [3.05, 3.63) is 76.4 Å². The van der Waals surface area contributed by atoms with Gasteiger partial charge in [0.1, 0.15) is 5.70 Å². The minimum Gasteiger partial charge on any atom is -0.321 e. The first-order valence-electron chi connectivity index (χ1n) is 7.23. The molecule has 0 saturated heterocycles. The molecule has 0 unspecified atom stereocenters. The van der Waals surface area contributed by atoms with E-state index >= 15 is 0 Å². The average molecular weight is 333 g/mol. The van der Waals surface area contributed by atoms with E-state index < -0.39 is 5.91 Å². The summed E-state index contributed by atoms with van der Waals surface area (Å²) in [6.45, 7) is 0. The molecule has 116 valence electrons. The lowest BCUT2D eigenvalue weighted by Gasteiger charge is -2.17. The Morgan fingerprint density at radius 1 is 0.917 bits per heavy atom. The topological polar surface area (TPSA) is 82.4 Å². The maximum Gasteiger partial charge on any atom is 0.258 e. The van der Waals surface area contributed by atoms with Crippen LogP contribution in [-0.2, 0) is 4.79 Å². The lowest BCUT2D eigenvalue weighted by Crippen LogP contribution is -2.19. The molecular weight excluding hydrogens is 322 g/mol. The highest BCUT2D eigenvalue weighted by molar-refractivity contribution is 7.80. The summed E-state index contributed by atoms with van der Waals surface area (Å²) in [7, 11) is 0. The molecule has 0 spiro atoms. The number of carbonyl (C=O) groups excluding carboxylic acids is 2. The van der Waals surface area contributed by atoms with Crippen molar-refractivity contribution in [2.45, 2.75) is 4.90 Å². The number of nitrogens with one attached hydrogen (secondary N) is 2. The Morgan fingerprint density at radius 2 is 1.58 bits per heavy atom. The van der Waals surface area contributed by atoms with Crippen molar-refractivity contribution in [3.8, 4) is 0 Å². The lowest BCUT2D eigenvalue weighted by atomic mass is 9.84. The zero-order valence-electron chi connectivity index (χ0n) is 12.3. The number of hydrogen-bond donors (Lipinski definition) is 3. The summed E-state index contributed by atoms with van der Waals surface area (Å²) in [6.07, 6.45) is 0. The number of Topliss-reactive ketones (excluding diaryl/α,β-unsaturated/α-hetero) is 1. The molecule has 4 rings (SSSR count). The van der Waals surface area contributed by atoms with Crippen LogP contribution in [0.3, 0.4) is 0 Å². The van der Waals surface area contributed by atoms with E-state index in [1.165, 1.54) is 0 Å². The summed E-state index contributed by atoms with van der Waals surface area (Å²) in [5.41, 5.74) is 10.3. The van der Waals surface area contributed by atoms with Crippen molar-refractivity contribution in [1.29, 1.82) is 5.53 Å². The predicted octanol–water partition coefficient (Wildman–Crippen LogP) is 3.45. The number of amides is 1. The second-order valence-corrected chi connectivity index (χ2v) is 5.98. The molecule has 0 saturated carbocycles. The van der Waals surface area contributed by atoms with Crippen LogP contribution in [0.1, 0.15) is 21.5 Å². The van der Waals surface area contributed by atoms with Crippen LogP contribution in [0.5, 0.6) is 0 Å². The monoisotopic (exact) mass is 333 g/mol. The van der Waals surface area contributed by atoms with Crippen molar-refractivity contribution in [2.75, 3.05) is 0 Å². The van der Waals surface area contributed by atoms with E-state index in [9.17, 15) is 9.59 Å². The molecule has 2 aromatic carbocycles. The van der Waals surface area contributed by atoms with Crippen LogP contribution in [0.4, 0.5) is 0 Å². The van der Waals surface area contributed by atoms with Gasteiger partial charge in [0, 0.05) is 16.0 Å². The van der Waals surface area contributed by atoms with Crippen molar-refractivity contribution < 1.29 is 9.59 Å². The van der Waals surface area contributed by atoms with E-state index in [0.717, 1.165) is 4.90 Å². The summed E-state index contributed by atoms with van der Waals surface area (Å²) in [6, 6.07) is 14.1. The molecule has 5 nitrogen and oxygen atoms in total. The molecule has 2 N–H and O–H groups in total. The molecule has 1 amide bonds. The van der Waals surface area contributed by atoms with Gasteiger partial charge in [-0.2, -0.15) is 5.11 Å². The van der Waals surface area contributed by atoms with E-state index in [1.807, 2.05) is 0 Å². The fraction of sp³-hybridized carbons (Fsp3) is 0. The number of thiol groups is 1. The maximum absolute atomic E-state index is 13.0. The maximum atomic E-state index is 13.0. The quantitative estimate of drug-likeness (QED) is 0.581. The third-order valence-electron chi connectivity index (χ3n) is 4.12. The smallest absolute Gasteiger partial charge is 0.258 e. The van der Waals surface area contributed by atoms with Gasteiger partial charge in [-0.15, -0.1) is 12.6 Å². The van der Waals surface area contributed by atoms with Gasteiger partial charge in [0.15, 0.2) is 5.78 Å². The summed E-state index contributed by atoms with van der Waals surface area (Å²) < 4.78 is 0. The second-order valence-electron chi connectivity index (χ2n) is 5.46. The van der Waals surface area contributed by atoms with Gasteiger partial charge in [-0.05, 0) is 17.7 Å². The fourth-order valence-corrected chi connectivity index (χ4v) is 3.20. The average Bonchev–Trinajstić information content (AvgIpc) is 2.94. The molecule has 0 bridgehead atoms. The molecule has 6 heteroatoms. The van der Waals surface area contributed by atoms with Crippen molar-refractivity contribution >= 4 is 35.7 Å². The molecule has 1 heterocycles. The zero-order chi connectivity index (χ0) is 16.8. The number of hydrogen-bond acceptors (Lipinski definition) is 5. The first-order valence-corrected chi connectivity index (χ1v) is 7.67. The minimum atomic E-state index is -0.413. The number of ketones is 1. The molecular formula is C18H11N3O2S.